The largest absolute Gasteiger partial charge is 0.368 e. The first-order valence-electron chi connectivity index (χ1n) is 6.38. The van der Waals surface area contributed by atoms with Crippen molar-refractivity contribution in [2.75, 3.05) is 17.7 Å². The number of anilines is 2. The van der Waals surface area contributed by atoms with E-state index in [4.69, 9.17) is 5.73 Å². The van der Waals surface area contributed by atoms with Crippen LogP contribution in [-0.4, -0.2) is 37.6 Å². The topological polar surface area (TPSA) is 85.8 Å². The summed E-state index contributed by atoms with van der Waals surface area (Å²) in [5.41, 5.74) is 5.76. The van der Waals surface area contributed by atoms with Gasteiger partial charge in [-0.25, -0.2) is 4.98 Å². The molecule has 0 radical (unpaired) electrons. The SMILES string of the molecule is CCC(CC)N(C)c1nc(N)nc(-n2ccnc2)n1. The van der Waals surface area contributed by atoms with Gasteiger partial charge in [-0.3, -0.25) is 4.57 Å². The fraction of sp³-hybridized carbons (Fsp3) is 0.500. The third kappa shape index (κ3) is 2.81. The molecule has 0 spiro atoms. The Hall–Kier alpha value is -2.18. The maximum atomic E-state index is 5.76. The van der Waals surface area contributed by atoms with Crippen molar-refractivity contribution in [3.8, 4) is 5.95 Å². The Kier molecular flexibility index (Phi) is 3.94. The monoisotopic (exact) mass is 261 g/mol. The maximum absolute atomic E-state index is 5.76. The van der Waals surface area contributed by atoms with Gasteiger partial charge in [0.05, 0.1) is 0 Å². The summed E-state index contributed by atoms with van der Waals surface area (Å²) >= 11 is 0. The smallest absolute Gasteiger partial charge is 0.241 e. The molecule has 0 amide bonds. The predicted molar refractivity (Wildman–Crippen MR) is 74.1 cm³/mol. The zero-order valence-corrected chi connectivity index (χ0v) is 11.5. The Morgan fingerprint density at radius 2 is 2.00 bits per heavy atom. The highest BCUT2D eigenvalue weighted by Crippen LogP contribution is 2.16. The molecule has 7 nitrogen and oxygen atoms in total. The Balaban J connectivity index is 2.36. The van der Waals surface area contributed by atoms with Crippen LogP contribution in [0.3, 0.4) is 0 Å². The second-order valence-electron chi connectivity index (χ2n) is 4.34. The fourth-order valence-electron chi connectivity index (χ4n) is 2.02. The molecule has 2 aromatic rings. The van der Waals surface area contributed by atoms with E-state index in [0.29, 0.717) is 17.9 Å². The van der Waals surface area contributed by atoms with E-state index in [0.717, 1.165) is 12.8 Å². The molecule has 0 aliphatic rings. The van der Waals surface area contributed by atoms with Crippen LogP contribution in [0.15, 0.2) is 18.7 Å². The number of aromatic nitrogens is 5. The van der Waals surface area contributed by atoms with E-state index in [1.807, 2.05) is 11.9 Å². The lowest BCUT2D eigenvalue weighted by atomic mass is 10.1. The van der Waals surface area contributed by atoms with Gasteiger partial charge in [-0.15, -0.1) is 0 Å². The van der Waals surface area contributed by atoms with Gasteiger partial charge in [-0.1, -0.05) is 13.8 Å². The Labute approximate surface area is 112 Å². The van der Waals surface area contributed by atoms with E-state index in [1.54, 1.807) is 23.3 Å². The zero-order chi connectivity index (χ0) is 13.8. The van der Waals surface area contributed by atoms with Crippen LogP contribution in [0.4, 0.5) is 11.9 Å². The summed E-state index contributed by atoms with van der Waals surface area (Å²) in [4.78, 5) is 18.8. The first-order valence-corrected chi connectivity index (χ1v) is 6.38. The van der Waals surface area contributed by atoms with E-state index in [-0.39, 0.29) is 5.95 Å². The van der Waals surface area contributed by atoms with Crippen molar-refractivity contribution in [1.82, 2.24) is 24.5 Å². The molecule has 0 atom stereocenters. The second kappa shape index (κ2) is 5.64. The summed E-state index contributed by atoms with van der Waals surface area (Å²) in [5, 5.41) is 0. The minimum absolute atomic E-state index is 0.214. The predicted octanol–water partition coefficient (Wildman–Crippen LogP) is 1.26. The molecule has 2 rings (SSSR count). The average Bonchev–Trinajstić information content (AvgIpc) is 2.93. The van der Waals surface area contributed by atoms with Crippen LogP contribution in [0.2, 0.25) is 0 Å². The minimum Gasteiger partial charge on any atom is -0.368 e. The fourth-order valence-corrected chi connectivity index (χ4v) is 2.02. The van der Waals surface area contributed by atoms with E-state index < -0.39 is 0 Å². The molecule has 0 bridgehead atoms. The molecule has 7 heteroatoms. The Bertz CT molecular complexity index is 519. The molecule has 0 aliphatic carbocycles. The molecule has 0 fully saturated rings. The molecule has 102 valence electrons. The standard InChI is InChI=1S/C12H19N7/c1-4-9(5-2)18(3)11-15-10(13)16-12(17-11)19-7-6-14-8-19/h6-9H,4-5H2,1-3H3,(H2,13,15,16,17). The number of nitrogen functional groups attached to an aromatic ring is 1. The highest BCUT2D eigenvalue weighted by Gasteiger charge is 2.16. The van der Waals surface area contributed by atoms with E-state index >= 15 is 0 Å². The number of nitrogens with two attached hydrogens (primary N) is 1. The van der Waals surface area contributed by atoms with Crippen molar-refractivity contribution in [2.45, 2.75) is 32.7 Å². The van der Waals surface area contributed by atoms with E-state index in [1.165, 1.54) is 0 Å². The van der Waals surface area contributed by atoms with Gasteiger partial charge in [0, 0.05) is 25.5 Å². The summed E-state index contributed by atoms with van der Waals surface area (Å²) in [5.74, 6) is 1.29. The van der Waals surface area contributed by atoms with Crippen LogP contribution in [0.1, 0.15) is 26.7 Å². The van der Waals surface area contributed by atoms with Crippen molar-refractivity contribution in [3.05, 3.63) is 18.7 Å². The number of hydrogen-bond donors (Lipinski definition) is 1. The van der Waals surface area contributed by atoms with Gasteiger partial charge < -0.3 is 10.6 Å². The van der Waals surface area contributed by atoms with Crippen molar-refractivity contribution in [2.24, 2.45) is 0 Å². The van der Waals surface area contributed by atoms with Crippen LogP contribution in [0.25, 0.3) is 5.95 Å². The Morgan fingerprint density at radius 1 is 1.26 bits per heavy atom. The molecular formula is C12H19N7. The van der Waals surface area contributed by atoms with Gasteiger partial charge >= 0.3 is 0 Å². The summed E-state index contributed by atoms with van der Waals surface area (Å²) in [7, 11) is 1.98. The van der Waals surface area contributed by atoms with Crippen LogP contribution in [0, 0.1) is 0 Å². The summed E-state index contributed by atoms with van der Waals surface area (Å²) in [6.45, 7) is 4.29. The van der Waals surface area contributed by atoms with Crippen molar-refractivity contribution < 1.29 is 0 Å². The molecule has 2 aromatic heterocycles. The molecule has 2 heterocycles. The molecule has 19 heavy (non-hydrogen) atoms. The van der Waals surface area contributed by atoms with Crippen molar-refractivity contribution >= 4 is 11.9 Å². The molecule has 0 unspecified atom stereocenters. The quantitative estimate of drug-likeness (QED) is 0.872. The highest BCUT2D eigenvalue weighted by molar-refractivity contribution is 5.38. The highest BCUT2D eigenvalue weighted by atomic mass is 15.3. The maximum Gasteiger partial charge on any atom is 0.241 e. The van der Waals surface area contributed by atoms with Gasteiger partial charge in [0.2, 0.25) is 17.8 Å². The van der Waals surface area contributed by atoms with Crippen LogP contribution < -0.4 is 10.6 Å². The third-order valence-electron chi connectivity index (χ3n) is 3.17. The molecule has 2 N–H and O–H groups in total. The number of nitrogens with zero attached hydrogens (tertiary/aromatic N) is 6. The molecular weight excluding hydrogens is 242 g/mol. The molecule has 0 aliphatic heterocycles. The van der Waals surface area contributed by atoms with Gasteiger partial charge in [-0.05, 0) is 12.8 Å². The first-order chi connectivity index (χ1) is 9.15. The average molecular weight is 261 g/mol. The second-order valence-corrected chi connectivity index (χ2v) is 4.34. The number of hydrogen-bond acceptors (Lipinski definition) is 6. The van der Waals surface area contributed by atoms with Crippen LogP contribution in [0.5, 0.6) is 0 Å². The minimum atomic E-state index is 0.214. The van der Waals surface area contributed by atoms with Gasteiger partial charge in [0.1, 0.15) is 6.33 Å². The van der Waals surface area contributed by atoms with Crippen LogP contribution >= 0.6 is 0 Å². The third-order valence-corrected chi connectivity index (χ3v) is 3.17. The zero-order valence-electron chi connectivity index (χ0n) is 11.5. The lowest BCUT2D eigenvalue weighted by Crippen LogP contribution is -2.32. The van der Waals surface area contributed by atoms with Gasteiger partial charge in [0.15, 0.2) is 0 Å². The van der Waals surface area contributed by atoms with Crippen LogP contribution in [-0.2, 0) is 0 Å². The first kappa shape index (κ1) is 13.3. The Morgan fingerprint density at radius 3 is 2.58 bits per heavy atom. The number of rotatable bonds is 5. The van der Waals surface area contributed by atoms with Gasteiger partial charge in [0.25, 0.3) is 0 Å². The van der Waals surface area contributed by atoms with Crippen molar-refractivity contribution in [3.63, 3.8) is 0 Å². The lowest BCUT2D eigenvalue weighted by Gasteiger charge is -2.26. The van der Waals surface area contributed by atoms with E-state index in [9.17, 15) is 0 Å². The number of imidazole rings is 1. The molecule has 0 saturated carbocycles. The van der Waals surface area contributed by atoms with Crippen molar-refractivity contribution in [1.29, 1.82) is 0 Å². The lowest BCUT2D eigenvalue weighted by molar-refractivity contribution is 0.579. The summed E-state index contributed by atoms with van der Waals surface area (Å²) in [6, 6.07) is 0.387. The normalized spacial score (nSPS) is 10.9. The van der Waals surface area contributed by atoms with Gasteiger partial charge in [-0.2, -0.15) is 15.0 Å². The van der Waals surface area contributed by atoms with E-state index in [2.05, 4.69) is 33.8 Å². The summed E-state index contributed by atoms with van der Waals surface area (Å²) < 4.78 is 1.71. The molecule has 0 aromatic carbocycles. The molecule has 0 saturated heterocycles. The summed E-state index contributed by atoms with van der Waals surface area (Å²) in [6.07, 6.45) is 7.13.